The number of alkyl carbamates (subject to hydrolysis) is 1. The fraction of sp³-hybridized carbons (Fsp3) is 0.875. The molecule has 0 aliphatic rings. The summed E-state index contributed by atoms with van der Waals surface area (Å²) in [6.07, 6.45) is 0.499. The van der Waals surface area contributed by atoms with Gasteiger partial charge in [-0.05, 0) is 20.8 Å². The van der Waals surface area contributed by atoms with E-state index in [1.54, 1.807) is 0 Å². The minimum absolute atomic E-state index is 0.110. The topological polar surface area (TPSA) is 72.5 Å². The highest BCUT2D eigenvalue weighted by Gasteiger charge is 2.14. The van der Waals surface area contributed by atoms with Crippen molar-refractivity contribution in [1.29, 1.82) is 0 Å². The Hall–Kier alpha value is -0.780. The first kappa shape index (κ1) is 13.2. The van der Waals surface area contributed by atoms with Crippen LogP contribution in [0.4, 0.5) is 4.79 Å². The zero-order valence-electron chi connectivity index (χ0n) is 8.96. The summed E-state index contributed by atoms with van der Waals surface area (Å²) in [5.41, 5.74) is -0.373. The fourth-order valence-electron chi connectivity index (χ4n) is 0.628. The summed E-state index contributed by atoms with van der Waals surface area (Å²) in [5.74, 6) is -0.148. The van der Waals surface area contributed by atoms with Crippen LogP contribution in [0.3, 0.4) is 0 Å². The van der Waals surface area contributed by atoms with Crippen LogP contribution in [0, 0.1) is 0 Å². The Morgan fingerprint density at radius 2 is 1.86 bits per heavy atom. The minimum atomic E-state index is -3.07. The molecule has 6 heteroatoms. The molecule has 0 rings (SSSR count). The Morgan fingerprint density at radius 3 is 2.21 bits per heavy atom. The normalized spacial score (nSPS) is 12.3. The third kappa shape index (κ3) is 9.31. The van der Waals surface area contributed by atoms with E-state index in [-0.39, 0.29) is 17.9 Å². The van der Waals surface area contributed by atoms with Crippen LogP contribution in [0.1, 0.15) is 20.8 Å². The van der Waals surface area contributed by atoms with E-state index in [4.69, 9.17) is 0 Å². The number of sulfone groups is 1. The van der Waals surface area contributed by atoms with Crippen molar-refractivity contribution in [2.75, 3.05) is 18.6 Å². The zero-order chi connectivity index (χ0) is 11.4. The highest BCUT2D eigenvalue weighted by Crippen LogP contribution is 1.98. The fourth-order valence-corrected chi connectivity index (χ4v) is 1.01. The quantitative estimate of drug-likeness (QED) is 0.758. The van der Waals surface area contributed by atoms with Gasteiger partial charge in [-0.2, -0.15) is 0 Å². The Kier molecular flexibility index (Phi) is 4.38. The number of nitrogens with one attached hydrogen (secondary N) is 1. The molecule has 5 nitrogen and oxygen atoms in total. The Labute approximate surface area is 84.7 Å². The summed E-state index contributed by atoms with van der Waals surface area (Å²) in [4.78, 5) is 11.0. The van der Waals surface area contributed by atoms with Crippen LogP contribution in [0.5, 0.6) is 0 Å². The van der Waals surface area contributed by atoms with E-state index in [0.717, 1.165) is 6.26 Å². The molecule has 0 unspecified atom stereocenters. The molecule has 0 aromatic carbocycles. The molecule has 0 radical (unpaired) electrons. The van der Waals surface area contributed by atoms with Crippen molar-refractivity contribution in [3.05, 3.63) is 0 Å². The van der Waals surface area contributed by atoms with Crippen molar-refractivity contribution in [2.24, 2.45) is 0 Å². The lowest BCUT2D eigenvalue weighted by atomic mass is 10.1. The molecule has 1 amide bonds. The van der Waals surface area contributed by atoms with Crippen LogP contribution in [0.2, 0.25) is 0 Å². The summed E-state index contributed by atoms with van der Waals surface area (Å²) in [5, 5.41) is 2.55. The molecule has 0 aromatic rings. The number of carbonyl (C=O) groups is 1. The number of ether oxygens (including phenoxy) is 1. The average molecular weight is 223 g/mol. The molecular formula is C8H17NO4S. The molecule has 84 valence electrons. The monoisotopic (exact) mass is 223 g/mol. The predicted octanol–water partition coefficient (Wildman–Crippen LogP) is 0.556. The van der Waals surface area contributed by atoms with E-state index in [2.05, 4.69) is 10.1 Å². The van der Waals surface area contributed by atoms with E-state index >= 15 is 0 Å². The average Bonchev–Trinajstić information content (AvgIpc) is 1.78. The third-order valence-electron chi connectivity index (χ3n) is 1.16. The Bertz CT molecular complexity index is 289. The van der Waals surface area contributed by atoms with Crippen molar-refractivity contribution in [3.8, 4) is 0 Å². The molecular weight excluding hydrogens is 206 g/mol. The maximum atomic E-state index is 11.0. The summed E-state index contributed by atoms with van der Waals surface area (Å²) in [6.45, 7) is 5.32. The van der Waals surface area contributed by atoms with E-state index < -0.39 is 15.9 Å². The minimum Gasteiger partial charge on any atom is -0.448 e. The highest BCUT2D eigenvalue weighted by atomic mass is 32.2. The second kappa shape index (κ2) is 4.63. The van der Waals surface area contributed by atoms with Gasteiger partial charge >= 0.3 is 6.09 Å². The summed E-state index contributed by atoms with van der Waals surface area (Å²) in [7, 11) is -3.07. The van der Waals surface area contributed by atoms with Gasteiger partial charge in [0.2, 0.25) is 0 Å². The molecule has 0 saturated carbocycles. The standard InChI is InChI=1S/C8H17NO4S/c1-8(2,3)9-7(10)13-5-6-14(4,11)12/h5-6H2,1-4H3,(H,9,10). The van der Waals surface area contributed by atoms with Crippen LogP contribution in [0.15, 0.2) is 0 Å². The zero-order valence-corrected chi connectivity index (χ0v) is 9.77. The lowest BCUT2D eigenvalue weighted by molar-refractivity contribution is 0.144. The molecule has 1 N–H and O–H groups in total. The maximum absolute atomic E-state index is 11.0. The van der Waals surface area contributed by atoms with Gasteiger partial charge in [-0.1, -0.05) is 0 Å². The molecule has 0 aliphatic carbocycles. The predicted molar refractivity (Wildman–Crippen MR) is 53.9 cm³/mol. The van der Waals surface area contributed by atoms with Crippen molar-refractivity contribution in [3.63, 3.8) is 0 Å². The van der Waals surface area contributed by atoms with Crippen molar-refractivity contribution < 1.29 is 17.9 Å². The van der Waals surface area contributed by atoms with E-state index in [1.807, 2.05) is 20.8 Å². The Morgan fingerprint density at radius 1 is 1.36 bits per heavy atom. The second-order valence-corrected chi connectivity index (χ2v) is 6.40. The van der Waals surface area contributed by atoms with E-state index in [9.17, 15) is 13.2 Å². The molecule has 0 aliphatic heterocycles. The van der Waals surface area contributed by atoms with Gasteiger partial charge in [-0.25, -0.2) is 13.2 Å². The molecule has 0 atom stereocenters. The van der Waals surface area contributed by atoms with Gasteiger partial charge in [0.15, 0.2) is 9.84 Å². The van der Waals surface area contributed by atoms with Gasteiger partial charge < -0.3 is 10.1 Å². The molecule has 0 fully saturated rings. The van der Waals surface area contributed by atoms with Crippen molar-refractivity contribution in [2.45, 2.75) is 26.3 Å². The molecule has 0 saturated heterocycles. The summed E-state index contributed by atoms with van der Waals surface area (Å²) >= 11 is 0. The number of rotatable bonds is 3. The van der Waals surface area contributed by atoms with Gasteiger partial charge in [0.25, 0.3) is 0 Å². The molecule has 0 heterocycles. The highest BCUT2D eigenvalue weighted by molar-refractivity contribution is 7.90. The summed E-state index contributed by atoms with van der Waals surface area (Å²) < 4.78 is 26.0. The van der Waals surface area contributed by atoms with Gasteiger partial charge in [0.1, 0.15) is 6.61 Å². The number of carbonyl (C=O) groups excluding carboxylic acids is 1. The van der Waals surface area contributed by atoms with Crippen LogP contribution in [0.25, 0.3) is 0 Å². The molecule has 0 spiro atoms. The van der Waals surface area contributed by atoms with Crippen LogP contribution < -0.4 is 5.32 Å². The van der Waals surface area contributed by atoms with Crippen LogP contribution >= 0.6 is 0 Å². The number of amides is 1. The van der Waals surface area contributed by atoms with Gasteiger partial charge in [0, 0.05) is 11.8 Å². The first-order valence-corrected chi connectivity index (χ1v) is 6.29. The van der Waals surface area contributed by atoms with Gasteiger partial charge in [-0.15, -0.1) is 0 Å². The lowest BCUT2D eigenvalue weighted by Crippen LogP contribution is -2.41. The lowest BCUT2D eigenvalue weighted by Gasteiger charge is -2.19. The third-order valence-corrected chi connectivity index (χ3v) is 2.07. The Balaban J connectivity index is 3.77. The van der Waals surface area contributed by atoms with Crippen LogP contribution in [-0.4, -0.2) is 38.7 Å². The van der Waals surface area contributed by atoms with Gasteiger partial charge in [-0.3, -0.25) is 0 Å². The van der Waals surface area contributed by atoms with Gasteiger partial charge in [0.05, 0.1) is 5.75 Å². The molecule has 0 bridgehead atoms. The van der Waals surface area contributed by atoms with Crippen LogP contribution in [-0.2, 0) is 14.6 Å². The van der Waals surface area contributed by atoms with Crippen molar-refractivity contribution in [1.82, 2.24) is 5.32 Å². The molecule has 14 heavy (non-hydrogen) atoms. The summed E-state index contributed by atoms with van der Waals surface area (Å²) in [6, 6.07) is 0. The first-order chi connectivity index (χ1) is 6.10. The SMILES string of the molecule is CC(C)(C)NC(=O)OCCS(C)(=O)=O. The van der Waals surface area contributed by atoms with E-state index in [1.165, 1.54) is 0 Å². The maximum Gasteiger partial charge on any atom is 0.407 e. The smallest absolute Gasteiger partial charge is 0.407 e. The second-order valence-electron chi connectivity index (χ2n) is 4.14. The number of hydrogen-bond donors (Lipinski definition) is 1. The van der Waals surface area contributed by atoms with E-state index in [0.29, 0.717) is 0 Å². The van der Waals surface area contributed by atoms with Crippen molar-refractivity contribution >= 4 is 15.9 Å². The number of hydrogen-bond acceptors (Lipinski definition) is 4. The first-order valence-electron chi connectivity index (χ1n) is 4.23. The largest absolute Gasteiger partial charge is 0.448 e. The molecule has 0 aromatic heterocycles.